The number of rotatable bonds is 15. The van der Waals surface area contributed by atoms with Gasteiger partial charge in [-0.1, -0.05) is 64.8 Å². The third kappa shape index (κ3) is 9.88. The van der Waals surface area contributed by atoms with Crippen LogP contribution in [0.4, 0.5) is 0 Å². The van der Waals surface area contributed by atoms with E-state index < -0.39 is 11.9 Å². The van der Waals surface area contributed by atoms with E-state index in [1.54, 1.807) is 0 Å². The Balaban J connectivity index is 1.91. The SMILES string of the molecule is CCC(CC)CCC(C)Oc1ccc(C(C)(C)c2ccc(OC(C)COC(=O)/C=C/C(=O)OC)cc2)cc1. The predicted octanol–water partition coefficient (Wildman–Crippen LogP) is 7.04. The molecular weight excluding hydrogens is 480 g/mol. The quantitative estimate of drug-likeness (QED) is 0.184. The van der Waals surface area contributed by atoms with Crippen LogP contribution in [-0.2, 0) is 24.5 Å². The molecule has 2 rings (SSSR count). The normalized spacial score (nSPS) is 13.3. The molecule has 0 fully saturated rings. The summed E-state index contributed by atoms with van der Waals surface area (Å²) in [5, 5.41) is 0. The molecule has 0 radical (unpaired) electrons. The van der Waals surface area contributed by atoms with E-state index >= 15 is 0 Å². The zero-order chi connectivity index (χ0) is 28.1. The number of esters is 2. The fraction of sp³-hybridized carbons (Fsp3) is 0.500. The van der Waals surface area contributed by atoms with Crippen LogP contribution >= 0.6 is 0 Å². The summed E-state index contributed by atoms with van der Waals surface area (Å²) in [5.74, 6) is 1.13. The average Bonchev–Trinajstić information content (AvgIpc) is 2.91. The third-order valence-electron chi connectivity index (χ3n) is 6.98. The molecule has 0 heterocycles. The van der Waals surface area contributed by atoms with Gasteiger partial charge in [0, 0.05) is 17.6 Å². The van der Waals surface area contributed by atoms with Gasteiger partial charge in [-0.2, -0.15) is 0 Å². The molecule has 0 aliphatic heterocycles. The van der Waals surface area contributed by atoms with E-state index in [0.29, 0.717) is 5.75 Å². The van der Waals surface area contributed by atoms with Crippen LogP contribution in [0.15, 0.2) is 60.7 Å². The maximum absolute atomic E-state index is 11.7. The first-order valence-corrected chi connectivity index (χ1v) is 13.6. The lowest BCUT2D eigenvalue weighted by Crippen LogP contribution is -2.21. The van der Waals surface area contributed by atoms with Gasteiger partial charge in [-0.3, -0.25) is 0 Å². The molecular formula is C32H44O6. The molecule has 0 aliphatic rings. The van der Waals surface area contributed by atoms with Crippen LogP contribution < -0.4 is 9.47 Å². The summed E-state index contributed by atoms with van der Waals surface area (Å²) in [6, 6.07) is 16.3. The van der Waals surface area contributed by atoms with Gasteiger partial charge in [-0.05, 0) is 68.0 Å². The van der Waals surface area contributed by atoms with Crippen LogP contribution in [0.3, 0.4) is 0 Å². The Bertz CT molecular complexity index is 1020. The number of methoxy groups -OCH3 is 1. The Kier molecular flexibility index (Phi) is 12.4. The first kappa shape index (κ1) is 30.9. The summed E-state index contributed by atoms with van der Waals surface area (Å²) < 4.78 is 21.6. The second-order valence-corrected chi connectivity index (χ2v) is 10.3. The lowest BCUT2D eigenvalue weighted by molar-refractivity contribution is -0.141. The van der Waals surface area contributed by atoms with Crippen molar-refractivity contribution in [2.45, 2.75) is 84.8 Å². The van der Waals surface area contributed by atoms with Crippen LogP contribution in [0, 0.1) is 5.92 Å². The van der Waals surface area contributed by atoms with Gasteiger partial charge in [0.2, 0.25) is 0 Å². The molecule has 2 aromatic rings. The molecule has 0 saturated heterocycles. The van der Waals surface area contributed by atoms with Crippen molar-refractivity contribution in [2.24, 2.45) is 5.92 Å². The fourth-order valence-corrected chi connectivity index (χ4v) is 4.24. The highest BCUT2D eigenvalue weighted by Crippen LogP contribution is 2.33. The van der Waals surface area contributed by atoms with Crippen molar-refractivity contribution in [3.05, 3.63) is 71.8 Å². The number of carbonyl (C=O) groups excluding carboxylic acids is 2. The zero-order valence-electron chi connectivity index (χ0n) is 24.0. The van der Waals surface area contributed by atoms with Gasteiger partial charge in [0.25, 0.3) is 0 Å². The molecule has 2 aromatic carbocycles. The van der Waals surface area contributed by atoms with Crippen LogP contribution in [-0.4, -0.2) is 37.9 Å². The molecule has 0 aromatic heterocycles. The number of carbonyl (C=O) groups is 2. The van der Waals surface area contributed by atoms with Crippen LogP contribution in [0.2, 0.25) is 0 Å². The molecule has 0 N–H and O–H groups in total. The smallest absolute Gasteiger partial charge is 0.331 e. The third-order valence-corrected chi connectivity index (χ3v) is 6.98. The van der Waals surface area contributed by atoms with E-state index in [9.17, 15) is 9.59 Å². The Morgan fingerprint density at radius 3 is 1.71 bits per heavy atom. The maximum Gasteiger partial charge on any atom is 0.331 e. The van der Waals surface area contributed by atoms with Gasteiger partial charge in [-0.25, -0.2) is 9.59 Å². The second-order valence-electron chi connectivity index (χ2n) is 10.3. The van der Waals surface area contributed by atoms with Crippen LogP contribution in [0.5, 0.6) is 11.5 Å². The first-order chi connectivity index (χ1) is 18.1. The number of benzene rings is 2. The molecule has 6 nitrogen and oxygen atoms in total. The van der Waals surface area contributed by atoms with Gasteiger partial charge in [0.1, 0.15) is 24.2 Å². The van der Waals surface area contributed by atoms with E-state index in [1.165, 1.54) is 31.9 Å². The summed E-state index contributed by atoms with van der Waals surface area (Å²) >= 11 is 0. The molecule has 0 saturated carbocycles. The lowest BCUT2D eigenvalue weighted by atomic mass is 9.78. The molecule has 208 valence electrons. The van der Waals surface area contributed by atoms with Crippen molar-refractivity contribution in [1.82, 2.24) is 0 Å². The summed E-state index contributed by atoms with van der Waals surface area (Å²) in [7, 11) is 1.24. The van der Waals surface area contributed by atoms with Crippen molar-refractivity contribution >= 4 is 11.9 Å². The minimum absolute atomic E-state index is 0.0580. The summed E-state index contributed by atoms with van der Waals surface area (Å²) in [4.78, 5) is 22.7. The second kappa shape index (κ2) is 15.2. The minimum Gasteiger partial charge on any atom is -0.491 e. The monoisotopic (exact) mass is 524 g/mol. The molecule has 6 heteroatoms. The topological polar surface area (TPSA) is 71.1 Å². The Morgan fingerprint density at radius 1 is 0.763 bits per heavy atom. The number of hydrogen-bond acceptors (Lipinski definition) is 6. The van der Waals surface area contributed by atoms with E-state index in [2.05, 4.69) is 75.8 Å². The maximum atomic E-state index is 11.7. The van der Waals surface area contributed by atoms with E-state index in [-0.39, 0.29) is 24.2 Å². The summed E-state index contributed by atoms with van der Waals surface area (Å²) in [6.07, 6.45) is 6.63. The van der Waals surface area contributed by atoms with Gasteiger partial charge in [0.05, 0.1) is 13.2 Å². The molecule has 0 spiro atoms. The van der Waals surface area contributed by atoms with E-state index in [0.717, 1.165) is 35.8 Å². The fourth-order valence-electron chi connectivity index (χ4n) is 4.24. The molecule has 0 bridgehead atoms. The summed E-state index contributed by atoms with van der Waals surface area (Å²) in [5.41, 5.74) is 2.15. The summed E-state index contributed by atoms with van der Waals surface area (Å²) in [6.45, 7) is 12.9. The molecule has 0 amide bonds. The first-order valence-electron chi connectivity index (χ1n) is 13.6. The van der Waals surface area contributed by atoms with Gasteiger partial charge in [-0.15, -0.1) is 0 Å². The highest BCUT2D eigenvalue weighted by atomic mass is 16.6. The van der Waals surface area contributed by atoms with Crippen molar-refractivity contribution < 1.29 is 28.5 Å². The van der Waals surface area contributed by atoms with Crippen molar-refractivity contribution in [2.75, 3.05) is 13.7 Å². The van der Waals surface area contributed by atoms with Gasteiger partial charge in [0.15, 0.2) is 0 Å². The highest BCUT2D eigenvalue weighted by molar-refractivity contribution is 5.91. The van der Waals surface area contributed by atoms with Crippen molar-refractivity contribution in [3.8, 4) is 11.5 Å². The van der Waals surface area contributed by atoms with E-state index in [1.807, 2.05) is 19.1 Å². The largest absolute Gasteiger partial charge is 0.491 e. The molecule has 38 heavy (non-hydrogen) atoms. The highest BCUT2D eigenvalue weighted by Gasteiger charge is 2.23. The average molecular weight is 525 g/mol. The van der Waals surface area contributed by atoms with Crippen molar-refractivity contribution in [3.63, 3.8) is 0 Å². The number of hydrogen-bond donors (Lipinski definition) is 0. The molecule has 2 unspecified atom stereocenters. The number of ether oxygens (including phenoxy) is 4. The Hall–Kier alpha value is -3.28. The van der Waals surface area contributed by atoms with Gasteiger partial charge < -0.3 is 18.9 Å². The van der Waals surface area contributed by atoms with Crippen LogP contribution in [0.25, 0.3) is 0 Å². The van der Waals surface area contributed by atoms with Crippen LogP contribution in [0.1, 0.15) is 78.4 Å². The Labute approximate surface area is 228 Å². The van der Waals surface area contributed by atoms with E-state index in [4.69, 9.17) is 14.2 Å². The molecule has 2 atom stereocenters. The van der Waals surface area contributed by atoms with Crippen molar-refractivity contribution in [1.29, 1.82) is 0 Å². The zero-order valence-corrected chi connectivity index (χ0v) is 24.0. The minimum atomic E-state index is -0.629. The Morgan fingerprint density at radius 2 is 1.24 bits per heavy atom. The lowest BCUT2D eigenvalue weighted by Gasteiger charge is -2.27. The van der Waals surface area contributed by atoms with Gasteiger partial charge >= 0.3 is 11.9 Å². The standard InChI is InChI=1S/C32H44O6/c1-8-25(9-2)11-10-23(3)37-28-16-12-26(13-17-28)32(5,6)27-14-18-29(19-15-27)38-24(4)22-36-31(34)21-20-30(33)35-7/h12-21,23-25H,8-11,22H2,1-7H3/b21-20+. The predicted molar refractivity (Wildman–Crippen MR) is 151 cm³/mol. The molecule has 0 aliphatic carbocycles.